The van der Waals surface area contributed by atoms with Crippen molar-refractivity contribution >= 4 is 23.6 Å². The summed E-state index contributed by atoms with van der Waals surface area (Å²) >= 11 is 1.34. The second-order valence-corrected chi connectivity index (χ2v) is 8.22. The fourth-order valence-electron chi connectivity index (χ4n) is 3.40. The molecular formula is C22H19N3O4S. The van der Waals surface area contributed by atoms with Crippen LogP contribution >= 0.6 is 11.8 Å². The molecular weight excluding hydrogens is 402 g/mol. The molecule has 0 spiro atoms. The van der Waals surface area contributed by atoms with Gasteiger partial charge in [-0.1, -0.05) is 29.8 Å². The number of imide groups is 1. The van der Waals surface area contributed by atoms with Crippen molar-refractivity contribution in [3.63, 3.8) is 0 Å². The van der Waals surface area contributed by atoms with Crippen molar-refractivity contribution in [3.8, 4) is 0 Å². The highest BCUT2D eigenvalue weighted by molar-refractivity contribution is 7.99. The van der Waals surface area contributed by atoms with E-state index in [0.717, 1.165) is 15.0 Å². The predicted molar refractivity (Wildman–Crippen MR) is 114 cm³/mol. The second kappa shape index (κ2) is 8.16. The monoisotopic (exact) mass is 421 g/mol. The number of aromatic nitrogens is 2. The number of hydrogen-bond acceptors (Lipinski definition) is 5. The van der Waals surface area contributed by atoms with E-state index in [1.54, 1.807) is 24.3 Å². The molecule has 1 aliphatic rings. The first-order chi connectivity index (χ1) is 14.5. The van der Waals surface area contributed by atoms with E-state index in [1.165, 1.54) is 28.9 Å². The molecule has 2 amide bonds. The number of benzene rings is 2. The topological polar surface area (TPSA) is 92.2 Å². The summed E-state index contributed by atoms with van der Waals surface area (Å²) in [4.78, 5) is 54.7. The highest BCUT2D eigenvalue weighted by Crippen LogP contribution is 2.33. The molecule has 1 atom stereocenters. The Morgan fingerprint density at radius 3 is 2.13 bits per heavy atom. The van der Waals surface area contributed by atoms with Gasteiger partial charge in [0.25, 0.3) is 17.4 Å². The molecule has 0 radical (unpaired) electrons. The van der Waals surface area contributed by atoms with Crippen LogP contribution in [-0.4, -0.2) is 32.8 Å². The highest BCUT2D eigenvalue weighted by atomic mass is 32.2. The number of nitrogens with zero attached hydrogens (tertiary/aromatic N) is 2. The lowest BCUT2D eigenvalue weighted by molar-refractivity contribution is 0.0650. The third kappa shape index (κ3) is 3.73. The van der Waals surface area contributed by atoms with Gasteiger partial charge in [-0.25, -0.2) is 9.36 Å². The molecule has 0 aliphatic carbocycles. The average molecular weight is 421 g/mol. The van der Waals surface area contributed by atoms with E-state index >= 15 is 0 Å². The van der Waals surface area contributed by atoms with E-state index in [4.69, 9.17) is 0 Å². The van der Waals surface area contributed by atoms with Crippen LogP contribution in [0.2, 0.25) is 0 Å². The third-order valence-electron chi connectivity index (χ3n) is 4.95. The first-order valence-electron chi connectivity index (χ1n) is 9.44. The average Bonchev–Trinajstić information content (AvgIpc) is 2.98. The van der Waals surface area contributed by atoms with Gasteiger partial charge in [-0.2, -0.15) is 0 Å². The number of aryl methyl sites for hydroxylation is 1. The summed E-state index contributed by atoms with van der Waals surface area (Å²) in [6.45, 7) is 2.07. The van der Waals surface area contributed by atoms with Gasteiger partial charge < -0.3 is 4.98 Å². The minimum atomic E-state index is -0.588. The highest BCUT2D eigenvalue weighted by Gasteiger charge is 2.35. The van der Waals surface area contributed by atoms with Crippen molar-refractivity contribution < 1.29 is 9.59 Å². The second-order valence-electron chi connectivity index (χ2n) is 6.97. The van der Waals surface area contributed by atoms with E-state index in [0.29, 0.717) is 11.1 Å². The predicted octanol–water partition coefficient (Wildman–Crippen LogP) is 2.82. The Kier molecular flexibility index (Phi) is 5.41. The quantitative estimate of drug-likeness (QED) is 0.488. The molecule has 2 aromatic carbocycles. The normalized spacial score (nSPS) is 14.1. The zero-order valence-electron chi connectivity index (χ0n) is 16.2. The van der Waals surface area contributed by atoms with Crippen LogP contribution in [0.15, 0.2) is 75.3 Å². The number of aromatic amines is 1. The summed E-state index contributed by atoms with van der Waals surface area (Å²) in [5, 5.41) is -0.588. The van der Waals surface area contributed by atoms with Crippen molar-refractivity contribution in [2.75, 3.05) is 6.54 Å². The molecule has 30 heavy (non-hydrogen) atoms. The Bertz CT molecular complexity index is 1170. The Morgan fingerprint density at radius 2 is 1.53 bits per heavy atom. The molecule has 152 valence electrons. The van der Waals surface area contributed by atoms with E-state index in [-0.39, 0.29) is 24.8 Å². The number of carbonyl (C=O) groups is 2. The van der Waals surface area contributed by atoms with Gasteiger partial charge in [-0.3, -0.25) is 19.3 Å². The number of hydrogen-bond donors (Lipinski definition) is 1. The standard InChI is InChI=1S/C22H19N3O4S/c1-14-6-8-15(9-7-14)30-19(25-18(26)10-12-23-22(25)29)11-13-24-20(27)16-4-2-3-5-17(16)21(24)28/h2-10,12,19H,11,13H2,1H3,(H,23,29). The first-order valence-corrected chi connectivity index (χ1v) is 10.3. The van der Waals surface area contributed by atoms with Crippen molar-refractivity contribution in [1.29, 1.82) is 0 Å². The largest absolute Gasteiger partial charge is 0.329 e. The van der Waals surface area contributed by atoms with Gasteiger partial charge in [-0.05, 0) is 37.6 Å². The lowest BCUT2D eigenvalue weighted by atomic mass is 10.1. The molecule has 0 fully saturated rings. The molecule has 2 heterocycles. The van der Waals surface area contributed by atoms with Crippen molar-refractivity contribution in [3.05, 3.63) is 98.3 Å². The van der Waals surface area contributed by atoms with Crippen LogP contribution in [0, 0.1) is 6.92 Å². The summed E-state index contributed by atoms with van der Waals surface area (Å²) in [6, 6.07) is 15.7. The van der Waals surface area contributed by atoms with Gasteiger partial charge in [0, 0.05) is 23.7 Å². The van der Waals surface area contributed by atoms with Crippen molar-refractivity contribution in [1.82, 2.24) is 14.5 Å². The van der Waals surface area contributed by atoms with Crippen LogP contribution in [-0.2, 0) is 0 Å². The zero-order valence-corrected chi connectivity index (χ0v) is 17.0. The van der Waals surface area contributed by atoms with Crippen molar-refractivity contribution in [2.24, 2.45) is 0 Å². The molecule has 1 unspecified atom stereocenters. The van der Waals surface area contributed by atoms with Crippen molar-refractivity contribution in [2.45, 2.75) is 23.6 Å². The Hall–Kier alpha value is -3.39. The lowest BCUT2D eigenvalue weighted by Crippen LogP contribution is -2.38. The molecule has 8 heteroatoms. The van der Waals surface area contributed by atoms with E-state index < -0.39 is 16.6 Å². The molecule has 1 aromatic heterocycles. The van der Waals surface area contributed by atoms with Crippen LogP contribution < -0.4 is 11.2 Å². The minimum absolute atomic E-state index is 0.0939. The minimum Gasteiger partial charge on any atom is -0.314 e. The van der Waals surface area contributed by atoms with Crippen LogP contribution in [0.25, 0.3) is 0 Å². The molecule has 3 aromatic rings. The maximum absolute atomic E-state index is 12.6. The molecule has 1 N–H and O–H groups in total. The van der Waals surface area contributed by atoms with Gasteiger partial charge in [-0.15, -0.1) is 11.8 Å². The molecule has 0 saturated carbocycles. The van der Waals surface area contributed by atoms with Crippen LogP contribution in [0.1, 0.15) is 38.1 Å². The van der Waals surface area contributed by atoms with Gasteiger partial charge in [0.05, 0.1) is 16.5 Å². The van der Waals surface area contributed by atoms with E-state index in [9.17, 15) is 19.2 Å². The first kappa shape index (κ1) is 19.9. The summed E-state index contributed by atoms with van der Waals surface area (Å²) in [7, 11) is 0. The van der Waals surface area contributed by atoms with Crippen LogP contribution in [0.5, 0.6) is 0 Å². The summed E-state index contributed by atoms with van der Waals surface area (Å²) in [5.41, 5.74) is 0.872. The number of amides is 2. The Labute approximate surface area is 176 Å². The fourth-order valence-corrected chi connectivity index (χ4v) is 4.54. The Balaban J connectivity index is 1.61. The fraction of sp³-hybridized carbons (Fsp3) is 0.182. The zero-order chi connectivity index (χ0) is 21.3. The molecule has 4 rings (SSSR count). The number of thioether (sulfide) groups is 1. The van der Waals surface area contributed by atoms with Gasteiger partial charge >= 0.3 is 5.69 Å². The number of H-pyrrole nitrogens is 1. The summed E-state index contributed by atoms with van der Waals surface area (Å²) in [6.07, 6.45) is 1.55. The molecule has 0 bridgehead atoms. The number of rotatable bonds is 6. The number of nitrogens with one attached hydrogen (secondary N) is 1. The van der Waals surface area contributed by atoms with Gasteiger partial charge in [0.2, 0.25) is 0 Å². The Morgan fingerprint density at radius 1 is 0.900 bits per heavy atom. The summed E-state index contributed by atoms with van der Waals surface area (Å²) < 4.78 is 1.13. The number of fused-ring (bicyclic) bond motifs is 1. The van der Waals surface area contributed by atoms with Crippen LogP contribution in [0.4, 0.5) is 0 Å². The molecule has 0 saturated heterocycles. The van der Waals surface area contributed by atoms with E-state index in [2.05, 4.69) is 4.98 Å². The van der Waals surface area contributed by atoms with Gasteiger partial charge in [0.1, 0.15) is 0 Å². The van der Waals surface area contributed by atoms with E-state index in [1.807, 2.05) is 31.2 Å². The summed E-state index contributed by atoms with van der Waals surface area (Å²) in [5.74, 6) is -0.715. The third-order valence-corrected chi connectivity index (χ3v) is 6.21. The lowest BCUT2D eigenvalue weighted by Gasteiger charge is -2.21. The molecule has 7 nitrogen and oxygen atoms in total. The molecule has 1 aliphatic heterocycles. The van der Waals surface area contributed by atoms with Crippen LogP contribution in [0.3, 0.4) is 0 Å². The SMILES string of the molecule is Cc1ccc(SC(CCN2C(=O)c3ccccc3C2=O)n2c(=O)cc[nH]c2=O)cc1. The van der Waals surface area contributed by atoms with Gasteiger partial charge in [0.15, 0.2) is 0 Å². The smallest absolute Gasteiger partial charge is 0.314 e. The number of carbonyl (C=O) groups excluding carboxylic acids is 2. The maximum Gasteiger partial charge on any atom is 0.329 e. The maximum atomic E-state index is 12.6.